The molecule has 2 rings (SSSR count). The van der Waals surface area contributed by atoms with E-state index in [1.165, 1.54) is 19.3 Å². The summed E-state index contributed by atoms with van der Waals surface area (Å²) in [5, 5.41) is 3.25. The van der Waals surface area contributed by atoms with Crippen molar-refractivity contribution >= 4 is 11.8 Å². The van der Waals surface area contributed by atoms with Crippen molar-refractivity contribution in [1.82, 2.24) is 9.97 Å². The number of nitrogens with zero attached hydrogens (tertiary/aromatic N) is 2. The van der Waals surface area contributed by atoms with Gasteiger partial charge in [-0.1, -0.05) is 6.42 Å². The van der Waals surface area contributed by atoms with Crippen molar-refractivity contribution in [1.29, 1.82) is 0 Å². The maximum absolute atomic E-state index is 5.55. The van der Waals surface area contributed by atoms with Gasteiger partial charge in [-0.05, 0) is 18.8 Å². The van der Waals surface area contributed by atoms with Gasteiger partial charge >= 0.3 is 0 Å². The highest BCUT2D eigenvalue weighted by atomic mass is 16.5. The molecule has 0 bridgehead atoms. The first-order valence-corrected chi connectivity index (χ1v) is 5.20. The highest BCUT2D eigenvalue weighted by Gasteiger charge is 2.17. The Labute approximate surface area is 89.1 Å². The van der Waals surface area contributed by atoms with Gasteiger partial charge < -0.3 is 15.8 Å². The van der Waals surface area contributed by atoms with Crippen molar-refractivity contribution in [3.63, 3.8) is 0 Å². The molecule has 5 heteroatoms. The summed E-state index contributed by atoms with van der Waals surface area (Å²) in [6.07, 6.45) is 3.97. The van der Waals surface area contributed by atoms with Crippen LogP contribution in [0.1, 0.15) is 19.3 Å². The average Bonchev–Trinajstić information content (AvgIpc) is 2.14. The van der Waals surface area contributed by atoms with Crippen LogP contribution in [-0.2, 0) is 0 Å². The van der Waals surface area contributed by atoms with Crippen LogP contribution in [0.2, 0.25) is 0 Å². The van der Waals surface area contributed by atoms with Gasteiger partial charge in [0.1, 0.15) is 5.82 Å². The molecule has 0 amide bonds. The van der Waals surface area contributed by atoms with Crippen LogP contribution in [0.5, 0.6) is 5.88 Å². The lowest BCUT2D eigenvalue weighted by Crippen LogP contribution is -2.21. The molecule has 0 unspecified atom stereocenters. The second-order valence-electron chi connectivity index (χ2n) is 3.83. The normalized spacial score (nSPS) is 15.8. The number of anilines is 2. The largest absolute Gasteiger partial charge is 0.481 e. The summed E-state index contributed by atoms with van der Waals surface area (Å²) in [4.78, 5) is 8.01. The first kappa shape index (κ1) is 10.0. The topological polar surface area (TPSA) is 73.1 Å². The van der Waals surface area contributed by atoms with Gasteiger partial charge in [-0.25, -0.2) is 0 Å². The predicted octanol–water partition coefficient (Wildman–Crippen LogP) is 1.28. The van der Waals surface area contributed by atoms with Gasteiger partial charge in [0.15, 0.2) is 0 Å². The predicted molar refractivity (Wildman–Crippen MR) is 58.8 cm³/mol. The van der Waals surface area contributed by atoms with Crippen LogP contribution in [-0.4, -0.2) is 23.6 Å². The summed E-state index contributed by atoms with van der Waals surface area (Å²) < 4.78 is 5.01. The average molecular weight is 208 g/mol. The summed E-state index contributed by atoms with van der Waals surface area (Å²) >= 11 is 0. The van der Waals surface area contributed by atoms with Crippen molar-refractivity contribution in [3.8, 4) is 5.88 Å². The number of aromatic nitrogens is 2. The third kappa shape index (κ3) is 2.49. The Kier molecular flexibility index (Phi) is 2.89. The molecule has 1 aromatic heterocycles. The SMILES string of the molecule is COc1cc(NCC2CCC2)nc(N)n1. The lowest BCUT2D eigenvalue weighted by molar-refractivity contribution is 0.333. The molecule has 1 aliphatic carbocycles. The zero-order valence-electron chi connectivity index (χ0n) is 8.86. The summed E-state index contributed by atoms with van der Waals surface area (Å²) in [7, 11) is 1.57. The number of ether oxygens (including phenoxy) is 1. The fourth-order valence-corrected chi connectivity index (χ4v) is 1.58. The molecule has 0 aliphatic heterocycles. The van der Waals surface area contributed by atoms with E-state index in [9.17, 15) is 0 Å². The van der Waals surface area contributed by atoms with Gasteiger partial charge in [-0.2, -0.15) is 9.97 Å². The van der Waals surface area contributed by atoms with Crippen LogP contribution in [0.15, 0.2) is 6.07 Å². The number of hydrogen-bond acceptors (Lipinski definition) is 5. The lowest BCUT2D eigenvalue weighted by Gasteiger charge is -2.25. The van der Waals surface area contributed by atoms with Crippen LogP contribution in [0.25, 0.3) is 0 Å². The summed E-state index contributed by atoms with van der Waals surface area (Å²) in [5.74, 6) is 2.27. The number of nitrogens with one attached hydrogen (secondary N) is 1. The van der Waals surface area contributed by atoms with Gasteiger partial charge in [0, 0.05) is 12.6 Å². The van der Waals surface area contributed by atoms with Crippen molar-refractivity contribution in [3.05, 3.63) is 6.07 Å². The van der Waals surface area contributed by atoms with Gasteiger partial charge in [0.25, 0.3) is 0 Å². The number of nitrogens with two attached hydrogens (primary N) is 1. The van der Waals surface area contributed by atoms with E-state index in [1.54, 1.807) is 13.2 Å². The first-order valence-electron chi connectivity index (χ1n) is 5.20. The van der Waals surface area contributed by atoms with E-state index < -0.39 is 0 Å². The Morgan fingerprint density at radius 3 is 2.93 bits per heavy atom. The van der Waals surface area contributed by atoms with E-state index in [0.717, 1.165) is 18.3 Å². The molecule has 1 saturated carbocycles. The molecular formula is C10H16N4O. The molecule has 1 heterocycles. The van der Waals surface area contributed by atoms with Crippen LogP contribution < -0.4 is 15.8 Å². The Morgan fingerprint density at radius 2 is 2.33 bits per heavy atom. The molecule has 0 saturated heterocycles. The summed E-state index contributed by atoms with van der Waals surface area (Å²) in [6.45, 7) is 0.958. The Hall–Kier alpha value is -1.52. The molecule has 0 spiro atoms. The number of nitrogen functional groups attached to an aromatic ring is 1. The first-order chi connectivity index (χ1) is 7.28. The maximum atomic E-state index is 5.55. The monoisotopic (exact) mass is 208 g/mol. The number of rotatable bonds is 4. The van der Waals surface area contributed by atoms with E-state index in [4.69, 9.17) is 10.5 Å². The molecule has 5 nitrogen and oxygen atoms in total. The molecular weight excluding hydrogens is 192 g/mol. The number of hydrogen-bond donors (Lipinski definition) is 2. The Balaban J connectivity index is 1.96. The highest BCUT2D eigenvalue weighted by Crippen LogP contribution is 2.26. The minimum Gasteiger partial charge on any atom is -0.481 e. The van der Waals surface area contributed by atoms with Gasteiger partial charge in [-0.3, -0.25) is 0 Å². The maximum Gasteiger partial charge on any atom is 0.225 e. The van der Waals surface area contributed by atoms with Crippen molar-refractivity contribution in [2.75, 3.05) is 24.7 Å². The standard InChI is InChI=1S/C10H16N4O/c1-15-9-5-8(13-10(11)14-9)12-6-7-3-2-4-7/h5,7H,2-4,6H2,1H3,(H3,11,12,13,14). The van der Waals surface area contributed by atoms with Crippen LogP contribution in [0.3, 0.4) is 0 Å². The minimum absolute atomic E-state index is 0.241. The highest BCUT2D eigenvalue weighted by molar-refractivity contribution is 5.42. The van der Waals surface area contributed by atoms with Crippen molar-refractivity contribution < 1.29 is 4.74 Å². The van der Waals surface area contributed by atoms with E-state index in [2.05, 4.69) is 15.3 Å². The molecule has 0 radical (unpaired) electrons. The third-order valence-electron chi connectivity index (χ3n) is 2.73. The fraction of sp³-hybridized carbons (Fsp3) is 0.600. The lowest BCUT2D eigenvalue weighted by atomic mass is 9.85. The molecule has 1 aliphatic rings. The number of methoxy groups -OCH3 is 1. The van der Waals surface area contributed by atoms with Crippen molar-refractivity contribution in [2.24, 2.45) is 5.92 Å². The molecule has 1 aromatic rings. The molecule has 0 aromatic carbocycles. The molecule has 82 valence electrons. The van der Waals surface area contributed by atoms with E-state index in [-0.39, 0.29) is 5.95 Å². The molecule has 1 fully saturated rings. The van der Waals surface area contributed by atoms with Crippen LogP contribution >= 0.6 is 0 Å². The van der Waals surface area contributed by atoms with Gasteiger partial charge in [-0.15, -0.1) is 0 Å². The van der Waals surface area contributed by atoms with Crippen LogP contribution in [0, 0.1) is 5.92 Å². The molecule has 3 N–H and O–H groups in total. The molecule has 15 heavy (non-hydrogen) atoms. The van der Waals surface area contributed by atoms with E-state index in [1.807, 2.05) is 0 Å². The van der Waals surface area contributed by atoms with E-state index >= 15 is 0 Å². The Bertz CT molecular complexity index is 338. The minimum atomic E-state index is 0.241. The summed E-state index contributed by atoms with van der Waals surface area (Å²) in [6, 6.07) is 1.76. The van der Waals surface area contributed by atoms with Crippen LogP contribution in [0.4, 0.5) is 11.8 Å². The quantitative estimate of drug-likeness (QED) is 0.779. The summed E-state index contributed by atoms with van der Waals surface area (Å²) in [5.41, 5.74) is 5.55. The second kappa shape index (κ2) is 4.33. The Morgan fingerprint density at radius 1 is 1.53 bits per heavy atom. The second-order valence-corrected chi connectivity index (χ2v) is 3.83. The van der Waals surface area contributed by atoms with Gasteiger partial charge in [0.05, 0.1) is 7.11 Å². The van der Waals surface area contributed by atoms with E-state index in [0.29, 0.717) is 5.88 Å². The zero-order chi connectivity index (χ0) is 10.7. The fourth-order valence-electron chi connectivity index (χ4n) is 1.58. The van der Waals surface area contributed by atoms with Crippen molar-refractivity contribution in [2.45, 2.75) is 19.3 Å². The smallest absolute Gasteiger partial charge is 0.225 e. The molecule has 0 atom stereocenters. The van der Waals surface area contributed by atoms with Gasteiger partial charge in [0.2, 0.25) is 11.8 Å². The zero-order valence-corrected chi connectivity index (χ0v) is 8.86. The third-order valence-corrected chi connectivity index (χ3v) is 2.73.